The first-order valence-corrected chi connectivity index (χ1v) is 6.79. The maximum absolute atomic E-state index is 11.4. The van der Waals surface area contributed by atoms with Gasteiger partial charge < -0.3 is 14.7 Å². The van der Waals surface area contributed by atoms with Crippen LogP contribution in [0.15, 0.2) is 24.2 Å². The fourth-order valence-corrected chi connectivity index (χ4v) is 2.81. The fraction of sp³-hybridized carbons (Fsp3) is 0.647. The zero-order chi connectivity index (χ0) is 23.1. The Hall–Kier alpha value is -1.06. The second-order valence-corrected chi connectivity index (χ2v) is 5.27. The average Bonchev–Trinajstić information content (AvgIpc) is 2.61. The Morgan fingerprint density at radius 3 is 2.50 bits per heavy atom. The first kappa shape index (κ1) is 6.80. The molecule has 0 unspecified atom stereocenters. The molecule has 1 aromatic carbocycles. The van der Waals surface area contributed by atoms with E-state index >= 15 is 0 Å². The molecule has 1 aromatic rings. The number of ether oxygens (including phenoxy) is 1. The summed E-state index contributed by atoms with van der Waals surface area (Å²) in [6.07, 6.45) is 2.55. The SMILES string of the molecule is [2H]c1c([2H])c([C@@H](CN(C([2H])([2H])[2H])C([2H])([2H])[2H])C2(O)CCCCC2)c([2H])c([2H])c1OC. The monoisotopic (exact) mass is 287 g/mol. The van der Waals surface area contributed by atoms with E-state index in [4.69, 9.17) is 18.4 Å². The minimum absolute atomic E-state index is 0.200. The molecule has 3 heteroatoms. The summed E-state index contributed by atoms with van der Waals surface area (Å²) in [4.78, 5) is 0.299. The van der Waals surface area contributed by atoms with Gasteiger partial charge in [0.1, 0.15) is 5.75 Å². The predicted octanol–water partition coefficient (Wildman–Crippen LogP) is 3.04. The van der Waals surface area contributed by atoms with E-state index in [1.165, 1.54) is 7.11 Å². The Labute approximate surface area is 136 Å². The van der Waals surface area contributed by atoms with Gasteiger partial charge in [0.15, 0.2) is 0 Å². The van der Waals surface area contributed by atoms with Gasteiger partial charge in [-0.25, -0.2) is 0 Å². The van der Waals surface area contributed by atoms with E-state index in [2.05, 4.69) is 0 Å². The van der Waals surface area contributed by atoms with Crippen LogP contribution in [-0.2, 0) is 0 Å². The molecule has 0 aromatic heterocycles. The lowest BCUT2D eigenvalue weighted by atomic mass is 9.72. The number of likely N-dealkylation sites (N-methyl/N-ethyl adjacent to an activating group) is 1. The minimum atomic E-state index is -3.01. The summed E-state index contributed by atoms with van der Waals surface area (Å²) in [5, 5.41) is 11.4. The third-order valence-electron chi connectivity index (χ3n) is 3.91. The Morgan fingerprint density at radius 2 is 1.95 bits per heavy atom. The number of nitrogens with zero attached hydrogens (tertiary/aromatic N) is 1. The van der Waals surface area contributed by atoms with Crippen molar-refractivity contribution in [3.63, 3.8) is 0 Å². The zero-order valence-electron chi connectivity index (χ0n) is 21.6. The van der Waals surface area contributed by atoms with Gasteiger partial charge in [-0.05, 0) is 44.4 Å². The van der Waals surface area contributed by atoms with E-state index in [9.17, 15) is 5.11 Å². The van der Waals surface area contributed by atoms with Gasteiger partial charge >= 0.3 is 0 Å². The van der Waals surface area contributed by atoms with E-state index in [0.29, 0.717) is 17.7 Å². The van der Waals surface area contributed by atoms with Crippen LogP contribution in [0.3, 0.4) is 0 Å². The standard InChI is InChI=1S/C17H27NO2/c1-18(2)13-16(17(19)11-5-4-6-12-17)14-7-9-15(20-3)10-8-14/h7-10,16,19H,4-6,11-13H2,1-3H3/t16-/m1/s1/i1D3,2D3,7D,8D,9D,10D. The first-order chi connectivity index (χ1) is 13.6. The van der Waals surface area contributed by atoms with Crippen molar-refractivity contribution in [1.82, 2.24) is 4.90 Å². The predicted molar refractivity (Wildman–Crippen MR) is 82.3 cm³/mol. The maximum atomic E-state index is 11.4. The lowest BCUT2D eigenvalue weighted by Gasteiger charge is -2.40. The lowest BCUT2D eigenvalue weighted by Crippen LogP contribution is -2.42. The maximum Gasteiger partial charge on any atom is 0.118 e. The van der Waals surface area contributed by atoms with Crippen molar-refractivity contribution in [1.29, 1.82) is 0 Å². The molecule has 1 N–H and O–H groups in total. The van der Waals surface area contributed by atoms with Crippen LogP contribution in [0, 0.1) is 0 Å². The van der Waals surface area contributed by atoms with E-state index in [0.717, 1.165) is 6.42 Å². The summed E-state index contributed by atoms with van der Waals surface area (Å²) in [7, 11) is 1.21. The molecule has 3 nitrogen and oxygen atoms in total. The van der Waals surface area contributed by atoms with Gasteiger partial charge in [0, 0.05) is 20.7 Å². The molecular formula is C17H27NO2. The molecule has 0 radical (unpaired) electrons. The summed E-state index contributed by atoms with van der Waals surface area (Å²) < 4.78 is 84.0. The first-order valence-electron chi connectivity index (χ1n) is 11.8. The van der Waals surface area contributed by atoms with Crippen molar-refractivity contribution in [3.8, 4) is 5.75 Å². The second kappa shape index (κ2) is 6.59. The fourth-order valence-electron chi connectivity index (χ4n) is 2.81. The normalized spacial score (nSPS) is 28.4. The Balaban J connectivity index is 2.73. The summed E-state index contributed by atoms with van der Waals surface area (Å²) in [6.45, 7) is -6.70. The van der Waals surface area contributed by atoms with Crippen LogP contribution in [0.2, 0.25) is 0 Å². The highest BCUT2D eigenvalue weighted by molar-refractivity contribution is 5.31. The molecule has 1 aliphatic rings. The largest absolute Gasteiger partial charge is 0.497 e. The molecule has 0 bridgehead atoms. The van der Waals surface area contributed by atoms with Gasteiger partial charge in [0.25, 0.3) is 0 Å². The van der Waals surface area contributed by atoms with Crippen LogP contribution in [0.5, 0.6) is 5.75 Å². The molecule has 20 heavy (non-hydrogen) atoms. The van der Waals surface area contributed by atoms with E-state index in [1.807, 2.05) is 0 Å². The highest BCUT2D eigenvalue weighted by Gasteiger charge is 2.38. The van der Waals surface area contributed by atoms with E-state index < -0.39 is 56.2 Å². The summed E-state index contributed by atoms with van der Waals surface area (Å²) >= 11 is 0. The Morgan fingerprint density at radius 1 is 1.30 bits per heavy atom. The zero-order valence-corrected chi connectivity index (χ0v) is 11.6. The molecule has 0 heterocycles. The number of hydrogen-bond acceptors (Lipinski definition) is 3. The third kappa shape index (κ3) is 3.53. The van der Waals surface area contributed by atoms with Crippen LogP contribution in [0.1, 0.15) is 57.3 Å². The molecule has 1 fully saturated rings. The van der Waals surface area contributed by atoms with Gasteiger partial charge in [-0.3, -0.25) is 0 Å². The molecule has 1 atom stereocenters. The number of hydrogen-bond donors (Lipinski definition) is 1. The molecule has 0 amide bonds. The quantitative estimate of drug-likeness (QED) is 0.903. The van der Waals surface area contributed by atoms with Crippen molar-refractivity contribution < 1.29 is 23.6 Å². The number of aliphatic hydroxyl groups is 1. The summed E-state index contributed by atoms with van der Waals surface area (Å²) in [5.41, 5.74) is -1.76. The number of benzene rings is 1. The topological polar surface area (TPSA) is 32.7 Å². The average molecular weight is 287 g/mol. The van der Waals surface area contributed by atoms with Crippen molar-refractivity contribution in [2.75, 3.05) is 27.6 Å². The molecule has 0 aliphatic heterocycles. The van der Waals surface area contributed by atoms with E-state index in [-0.39, 0.29) is 24.2 Å². The lowest BCUT2D eigenvalue weighted by molar-refractivity contribution is -0.0277. The summed E-state index contributed by atoms with van der Waals surface area (Å²) in [6, 6.07) is -1.89. The van der Waals surface area contributed by atoms with Gasteiger partial charge in [-0.15, -0.1) is 0 Å². The number of rotatable bonds is 5. The van der Waals surface area contributed by atoms with Crippen LogP contribution in [-0.4, -0.2) is 43.2 Å². The van der Waals surface area contributed by atoms with Crippen molar-refractivity contribution >= 4 is 0 Å². The molecule has 0 saturated heterocycles. The third-order valence-corrected chi connectivity index (χ3v) is 3.91. The van der Waals surface area contributed by atoms with Crippen LogP contribution >= 0.6 is 0 Å². The molecule has 2 rings (SSSR count). The molecule has 1 aliphatic carbocycles. The van der Waals surface area contributed by atoms with Crippen LogP contribution < -0.4 is 4.74 Å². The van der Waals surface area contributed by atoms with Crippen molar-refractivity contribution in [2.24, 2.45) is 0 Å². The highest BCUT2D eigenvalue weighted by atomic mass is 16.5. The smallest absolute Gasteiger partial charge is 0.118 e. The van der Waals surface area contributed by atoms with Gasteiger partial charge in [-0.2, -0.15) is 0 Å². The number of methoxy groups -OCH3 is 1. The highest BCUT2D eigenvalue weighted by Crippen LogP contribution is 2.40. The Kier molecular flexibility index (Phi) is 2.24. The van der Waals surface area contributed by atoms with Crippen molar-refractivity contribution in [2.45, 2.75) is 43.6 Å². The van der Waals surface area contributed by atoms with Crippen LogP contribution in [0.4, 0.5) is 0 Å². The van der Waals surface area contributed by atoms with Gasteiger partial charge in [-0.1, -0.05) is 31.3 Å². The molecule has 1 saturated carbocycles. The van der Waals surface area contributed by atoms with Crippen LogP contribution in [0.25, 0.3) is 0 Å². The Bertz CT molecular complexity index is 728. The minimum Gasteiger partial charge on any atom is -0.497 e. The molecular weight excluding hydrogens is 250 g/mol. The molecule has 0 spiro atoms. The summed E-state index contributed by atoms with van der Waals surface area (Å²) in [5.74, 6) is -1.52. The van der Waals surface area contributed by atoms with E-state index in [1.54, 1.807) is 0 Å². The van der Waals surface area contributed by atoms with Gasteiger partial charge in [0.2, 0.25) is 0 Å². The van der Waals surface area contributed by atoms with Crippen molar-refractivity contribution in [3.05, 3.63) is 29.7 Å². The van der Waals surface area contributed by atoms with Gasteiger partial charge in [0.05, 0.1) is 18.2 Å². The molecule has 112 valence electrons. The second-order valence-electron chi connectivity index (χ2n) is 5.27.